The van der Waals surface area contributed by atoms with Gasteiger partial charge < -0.3 is 10.7 Å². The monoisotopic (exact) mass is 175 g/mol. The summed E-state index contributed by atoms with van der Waals surface area (Å²) in [6, 6.07) is 1.78. The summed E-state index contributed by atoms with van der Waals surface area (Å²) in [5.41, 5.74) is 6.26. The van der Waals surface area contributed by atoms with Gasteiger partial charge in [-0.3, -0.25) is 0 Å². The van der Waals surface area contributed by atoms with Gasteiger partial charge in [-0.25, -0.2) is 15.0 Å². The van der Waals surface area contributed by atoms with Crippen LogP contribution in [0.4, 0.5) is 0 Å². The average molecular weight is 175 g/mol. The number of nitrogens with two attached hydrogens (primary N) is 1. The van der Waals surface area contributed by atoms with E-state index in [1.807, 2.05) is 0 Å². The number of imidazole rings is 1. The minimum atomic E-state index is 0.413. The van der Waals surface area contributed by atoms with Crippen LogP contribution in [-0.2, 0) is 6.54 Å². The minimum absolute atomic E-state index is 0.413. The van der Waals surface area contributed by atoms with Gasteiger partial charge >= 0.3 is 0 Å². The van der Waals surface area contributed by atoms with Crippen molar-refractivity contribution in [2.24, 2.45) is 5.73 Å². The number of aromatic amines is 1. The number of nitrogens with zero attached hydrogens (tertiary/aromatic N) is 3. The first kappa shape index (κ1) is 7.88. The molecule has 13 heavy (non-hydrogen) atoms. The zero-order valence-electron chi connectivity index (χ0n) is 6.94. The van der Waals surface area contributed by atoms with Crippen LogP contribution in [0.1, 0.15) is 5.69 Å². The number of hydrogen-bond acceptors (Lipinski definition) is 4. The topological polar surface area (TPSA) is 80.5 Å². The van der Waals surface area contributed by atoms with Crippen molar-refractivity contribution in [3.8, 4) is 11.6 Å². The van der Waals surface area contributed by atoms with Crippen molar-refractivity contribution in [1.29, 1.82) is 0 Å². The Labute approximate surface area is 75.1 Å². The van der Waals surface area contributed by atoms with E-state index in [1.165, 1.54) is 0 Å². The second-order valence-corrected chi connectivity index (χ2v) is 2.51. The maximum absolute atomic E-state index is 5.45. The molecule has 0 saturated carbocycles. The molecule has 0 fully saturated rings. The summed E-state index contributed by atoms with van der Waals surface area (Å²) >= 11 is 0. The first-order valence-electron chi connectivity index (χ1n) is 3.92. The highest BCUT2D eigenvalue weighted by Gasteiger charge is 2.02. The molecule has 0 amide bonds. The predicted octanol–water partition coefficient (Wildman–Crippen LogP) is 0.325. The smallest absolute Gasteiger partial charge is 0.195 e. The van der Waals surface area contributed by atoms with Crippen molar-refractivity contribution < 1.29 is 0 Å². The van der Waals surface area contributed by atoms with Crippen LogP contribution in [0.5, 0.6) is 0 Å². The fourth-order valence-corrected chi connectivity index (χ4v) is 1.01. The first-order valence-corrected chi connectivity index (χ1v) is 3.92. The van der Waals surface area contributed by atoms with Crippen molar-refractivity contribution in [2.75, 3.05) is 0 Å². The number of H-pyrrole nitrogens is 1. The predicted molar refractivity (Wildman–Crippen MR) is 47.5 cm³/mol. The van der Waals surface area contributed by atoms with E-state index in [0.717, 1.165) is 5.69 Å². The second kappa shape index (κ2) is 3.32. The highest BCUT2D eigenvalue weighted by molar-refractivity contribution is 5.41. The van der Waals surface area contributed by atoms with Crippen molar-refractivity contribution >= 4 is 0 Å². The van der Waals surface area contributed by atoms with Crippen molar-refractivity contribution in [3.63, 3.8) is 0 Å². The summed E-state index contributed by atoms with van der Waals surface area (Å²) in [5.74, 6) is 1.24. The Bertz CT molecular complexity index is 381. The Morgan fingerprint density at radius 3 is 2.92 bits per heavy atom. The largest absolute Gasteiger partial charge is 0.342 e. The SMILES string of the molecule is NCc1ccnc(-c2ncc[nH]2)n1. The Morgan fingerprint density at radius 2 is 2.23 bits per heavy atom. The molecule has 2 rings (SSSR count). The molecule has 0 spiro atoms. The molecule has 66 valence electrons. The van der Waals surface area contributed by atoms with E-state index in [2.05, 4.69) is 19.9 Å². The average Bonchev–Trinajstić information content (AvgIpc) is 2.71. The molecule has 0 aliphatic rings. The summed E-state index contributed by atoms with van der Waals surface area (Å²) in [6.07, 6.45) is 5.06. The van der Waals surface area contributed by atoms with Gasteiger partial charge in [0.15, 0.2) is 11.6 Å². The molecule has 2 aromatic heterocycles. The lowest BCUT2D eigenvalue weighted by Crippen LogP contribution is -2.01. The lowest BCUT2D eigenvalue weighted by molar-refractivity contribution is 0.961. The maximum atomic E-state index is 5.45. The van der Waals surface area contributed by atoms with E-state index >= 15 is 0 Å². The van der Waals surface area contributed by atoms with E-state index in [0.29, 0.717) is 18.2 Å². The van der Waals surface area contributed by atoms with Gasteiger partial charge in [-0.1, -0.05) is 0 Å². The van der Waals surface area contributed by atoms with E-state index in [1.54, 1.807) is 24.7 Å². The molecular formula is C8H9N5. The molecule has 0 saturated heterocycles. The zero-order valence-corrected chi connectivity index (χ0v) is 6.94. The molecule has 0 unspecified atom stereocenters. The quantitative estimate of drug-likeness (QED) is 0.689. The Balaban J connectivity index is 2.41. The third-order valence-electron chi connectivity index (χ3n) is 1.63. The normalized spacial score (nSPS) is 10.2. The van der Waals surface area contributed by atoms with Gasteiger partial charge in [0.05, 0.1) is 5.69 Å². The van der Waals surface area contributed by atoms with Crippen LogP contribution >= 0.6 is 0 Å². The molecule has 2 heterocycles. The molecule has 0 radical (unpaired) electrons. The van der Waals surface area contributed by atoms with E-state index in [4.69, 9.17) is 5.73 Å². The van der Waals surface area contributed by atoms with Gasteiger partial charge in [0.25, 0.3) is 0 Å². The molecule has 0 aliphatic carbocycles. The third kappa shape index (κ3) is 1.54. The van der Waals surface area contributed by atoms with E-state index in [9.17, 15) is 0 Å². The fourth-order valence-electron chi connectivity index (χ4n) is 1.01. The van der Waals surface area contributed by atoms with Crippen LogP contribution in [0.15, 0.2) is 24.7 Å². The van der Waals surface area contributed by atoms with Crippen LogP contribution in [0.2, 0.25) is 0 Å². The van der Waals surface area contributed by atoms with Crippen LogP contribution < -0.4 is 5.73 Å². The molecule has 0 aliphatic heterocycles. The van der Waals surface area contributed by atoms with Crippen molar-refractivity contribution in [3.05, 3.63) is 30.4 Å². The number of rotatable bonds is 2. The molecule has 5 nitrogen and oxygen atoms in total. The summed E-state index contributed by atoms with van der Waals surface area (Å²) in [6.45, 7) is 0.413. The highest BCUT2D eigenvalue weighted by atomic mass is 15.0. The molecule has 2 aromatic rings. The van der Waals surface area contributed by atoms with Gasteiger partial charge in [0.2, 0.25) is 0 Å². The Hall–Kier alpha value is -1.75. The molecule has 5 heteroatoms. The van der Waals surface area contributed by atoms with Gasteiger partial charge in [0.1, 0.15) is 0 Å². The van der Waals surface area contributed by atoms with Gasteiger partial charge in [-0.05, 0) is 6.07 Å². The summed E-state index contributed by atoms with van der Waals surface area (Å²) in [4.78, 5) is 15.2. The van der Waals surface area contributed by atoms with Crippen LogP contribution in [0.25, 0.3) is 11.6 Å². The van der Waals surface area contributed by atoms with Gasteiger partial charge in [0, 0.05) is 25.1 Å². The van der Waals surface area contributed by atoms with E-state index in [-0.39, 0.29) is 0 Å². The van der Waals surface area contributed by atoms with Crippen molar-refractivity contribution in [1.82, 2.24) is 19.9 Å². The first-order chi connectivity index (χ1) is 6.40. The van der Waals surface area contributed by atoms with Crippen LogP contribution in [-0.4, -0.2) is 19.9 Å². The molecule has 3 N–H and O–H groups in total. The van der Waals surface area contributed by atoms with Crippen LogP contribution in [0, 0.1) is 0 Å². The summed E-state index contributed by atoms with van der Waals surface area (Å²) < 4.78 is 0. The number of aromatic nitrogens is 4. The molecule has 0 atom stereocenters. The molecular weight excluding hydrogens is 166 g/mol. The second-order valence-electron chi connectivity index (χ2n) is 2.51. The zero-order chi connectivity index (χ0) is 9.10. The summed E-state index contributed by atoms with van der Waals surface area (Å²) in [5, 5.41) is 0. The summed E-state index contributed by atoms with van der Waals surface area (Å²) in [7, 11) is 0. The van der Waals surface area contributed by atoms with Gasteiger partial charge in [-0.2, -0.15) is 0 Å². The van der Waals surface area contributed by atoms with Crippen LogP contribution in [0.3, 0.4) is 0 Å². The van der Waals surface area contributed by atoms with E-state index < -0.39 is 0 Å². The Kier molecular flexibility index (Phi) is 2.01. The molecule has 0 bridgehead atoms. The number of hydrogen-bond donors (Lipinski definition) is 2. The van der Waals surface area contributed by atoms with Crippen molar-refractivity contribution in [2.45, 2.75) is 6.54 Å². The third-order valence-corrected chi connectivity index (χ3v) is 1.63. The lowest BCUT2D eigenvalue weighted by atomic mass is 10.4. The minimum Gasteiger partial charge on any atom is -0.342 e. The number of nitrogens with one attached hydrogen (secondary N) is 1. The standard InChI is InChI=1S/C8H9N5/c9-5-6-1-2-10-8(13-6)7-11-3-4-12-7/h1-4H,5,9H2,(H,11,12). The highest BCUT2D eigenvalue weighted by Crippen LogP contribution is 2.07. The van der Waals surface area contributed by atoms with Gasteiger partial charge in [-0.15, -0.1) is 0 Å². The lowest BCUT2D eigenvalue weighted by Gasteiger charge is -1.97. The maximum Gasteiger partial charge on any atom is 0.195 e. The fraction of sp³-hybridized carbons (Fsp3) is 0.125. The molecule has 0 aromatic carbocycles. The Morgan fingerprint density at radius 1 is 1.31 bits per heavy atom.